The molecular formula is C52H68N10O10. The molecule has 20 nitrogen and oxygen atoms in total. The van der Waals surface area contributed by atoms with Crippen molar-refractivity contribution in [3.8, 4) is 0 Å². The summed E-state index contributed by atoms with van der Waals surface area (Å²) in [6.07, 6.45) is 1.84. The normalized spacial score (nSPS) is 17.8. The van der Waals surface area contributed by atoms with Crippen molar-refractivity contribution in [3.63, 3.8) is 0 Å². The van der Waals surface area contributed by atoms with Crippen molar-refractivity contribution in [3.05, 3.63) is 87.8 Å². The third-order valence-electron chi connectivity index (χ3n) is 13.8. The maximum absolute atomic E-state index is 13.6. The summed E-state index contributed by atoms with van der Waals surface area (Å²) in [5.74, 6) is -4.19. The molecule has 2 aliphatic heterocycles. The van der Waals surface area contributed by atoms with Crippen molar-refractivity contribution in [2.45, 2.75) is 135 Å². The number of hydrogen-bond acceptors (Lipinski definition) is 14. The molecule has 0 unspecified atom stereocenters. The summed E-state index contributed by atoms with van der Waals surface area (Å²) in [6, 6.07) is 14.7. The number of nitrogens with zero attached hydrogens (tertiary/aromatic N) is 3. The second kappa shape index (κ2) is 21.7. The van der Waals surface area contributed by atoms with Crippen LogP contribution in [0.1, 0.15) is 132 Å². The number of hydrogen-bond donors (Lipinski definition) is 7. The van der Waals surface area contributed by atoms with Crippen LogP contribution in [0.3, 0.4) is 0 Å². The lowest BCUT2D eigenvalue weighted by molar-refractivity contribution is -0.159. The van der Waals surface area contributed by atoms with Crippen molar-refractivity contribution >= 4 is 75.2 Å². The van der Waals surface area contributed by atoms with E-state index in [0.717, 1.165) is 0 Å². The summed E-state index contributed by atoms with van der Waals surface area (Å²) < 4.78 is 11.7. The molecule has 20 heteroatoms. The van der Waals surface area contributed by atoms with E-state index >= 15 is 0 Å². The van der Waals surface area contributed by atoms with E-state index in [1.807, 2.05) is 0 Å². The van der Waals surface area contributed by atoms with Gasteiger partial charge in [-0.05, 0) is 130 Å². The zero-order chi connectivity index (χ0) is 52.9. The van der Waals surface area contributed by atoms with Gasteiger partial charge in [-0.3, -0.25) is 48.8 Å². The Morgan fingerprint density at radius 3 is 1.51 bits per heavy atom. The highest BCUT2D eigenvalue weighted by molar-refractivity contribution is 6.67. The first-order valence-corrected chi connectivity index (χ1v) is 24.0. The van der Waals surface area contributed by atoms with Gasteiger partial charge >= 0.3 is 17.6 Å². The number of piperidine rings is 2. The van der Waals surface area contributed by atoms with Gasteiger partial charge in [0.25, 0.3) is 23.6 Å². The third-order valence-corrected chi connectivity index (χ3v) is 13.8. The number of amides is 4. The number of imidazole rings is 1. The zero-order valence-electron chi connectivity index (χ0n) is 43.0. The van der Waals surface area contributed by atoms with Gasteiger partial charge in [-0.15, -0.1) is 0 Å². The monoisotopic (exact) mass is 993 g/mol. The molecule has 72 heavy (non-hydrogen) atoms. The first kappa shape index (κ1) is 54.1. The van der Waals surface area contributed by atoms with Crippen LogP contribution in [-0.4, -0.2) is 128 Å². The number of H-pyrrole nitrogens is 2. The van der Waals surface area contributed by atoms with E-state index in [1.54, 1.807) is 12.1 Å². The summed E-state index contributed by atoms with van der Waals surface area (Å²) >= 11 is 0. The van der Waals surface area contributed by atoms with Crippen molar-refractivity contribution < 1.29 is 43.0 Å². The standard InChI is InChI=1S/C52H68N10O10/c1-30(63)43(47(69)55-35-16-17-39-40(25-35)58-48(70)57-39)60-59-34-14-12-31(13-15-34)46(68)56-36-23-32(44(66)53-20-18-41(64)71-37-26-49(2,3)61(10)50(4,5)27-37)22-33(24-36)45(67)54-21-19-42(65)72-38-28-51(6,7)62(11)52(8,9)29-38/h12-17,22-25,37-38,59H,18-21,26-29H2,1-11H3,(H,53,66)(H,54,67)(H,55,69)(H,56,68)(H2,57,58,70)/b60-43-. The minimum absolute atomic E-state index is 0.0136. The molecule has 7 N–H and O–H groups in total. The highest BCUT2D eigenvalue weighted by Crippen LogP contribution is 2.39. The van der Waals surface area contributed by atoms with Gasteiger partial charge in [0.1, 0.15) is 12.2 Å². The van der Waals surface area contributed by atoms with Gasteiger partial charge in [0.05, 0.1) is 29.6 Å². The van der Waals surface area contributed by atoms with Gasteiger partial charge in [-0.1, -0.05) is 0 Å². The Kier molecular flexibility index (Phi) is 16.3. The predicted octanol–water partition coefficient (Wildman–Crippen LogP) is 5.73. The number of ketones is 1. The van der Waals surface area contributed by atoms with E-state index in [0.29, 0.717) is 48.1 Å². The van der Waals surface area contributed by atoms with E-state index in [9.17, 15) is 38.4 Å². The number of rotatable bonds is 17. The fraction of sp³-hybridized carbons (Fsp3) is 0.481. The van der Waals surface area contributed by atoms with Crippen LogP contribution in [0.25, 0.3) is 11.0 Å². The van der Waals surface area contributed by atoms with E-state index in [1.165, 1.54) is 55.5 Å². The summed E-state index contributed by atoms with van der Waals surface area (Å²) in [5.41, 5.74) is 2.95. The van der Waals surface area contributed by atoms with E-state index in [4.69, 9.17) is 9.47 Å². The second-order valence-electron chi connectivity index (χ2n) is 21.2. The van der Waals surface area contributed by atoms with Crippen LogP contribution in [0.2, 0.25) is 0 Å². The topological polar surface area (TPSA) is 266 Å². The van der Waals surface area contributed by atoms with Gasteiger partial charge < -0.3 is 40.7 Å². The van der Waals surface area contributed by atoms with Crippen molar-refractivity contribution in [1.29, 1.82) is 0 Å². The number of aromatic amines is 2. The first-order chi connectivity index (χ1) is 33.6. The molecule has 1 aromatic heterocycles. The Balaban J connectivity index is 1.11. The minimum atomic E-state index is -0.801. The predicted molar refractivity (Wildman–Crippen MR) is 274 cm³/mol. The van der Waals surface area contributed by atoms with Crippen LogP contribution < -0.4 is 32.4 Å². The second-order valence-corrected chi connectivity index (χ2v) is 21.2. The Morgan fingerprint density at radius 2 is 1.04 bits per heavy atom. The number of carbonyl (C=O) groups is 7. The molecule has 0 spiro atoms. The molecule has 0 saturated carbocycles. The number of fused-ring (bicyclic) bond motifs is 1. The molecule has 3 aromatic carbocycles. The van der Waals surface area contributed by atoms with Crippen LogP contribution in [-0.2, 0) is 28.7 Å². The number of likely N-dealkylation sites (tertiary alicyclic amines) is 2. The molecule has 0 bridgehead atoms. The molecule has 6 rings (SSSR count). The molecule has 2 fully saturated rings. The quantitative estimate of drug-likeness (QED) is 0.0289. The lowest BCUT2D eigenvalue weighted by atomic mass is 9.79. The lowest BCUT2D eigenvalue weighted by Crippen LogP contribution is -2.60. The average molecular weight is 993 g/mol. The first-order valence-electron chi connectivity index (χ1n) is 24.0. The fourth-order valence-corrected chi connectivity index (χ4v) is 9.55. The van der Waals surface area contributed by atoms with E-state index < -0.39 is 52.8 Å². The molecule has 0 atom stereocenters. The molecule has 4 aromatic rings. The minimum Gasteiger partial charge on any atom is -0.462 e. The molecule has 0 radical (unpaired) electrons. The third kappa shape index (κ3) is 13.6. The Labute approximate surface area is 418 Å². The SMILES string of the molecule is CC(=O)/C(=N/Nc1ccc(C(=O)Nc2cc(C(=O)NCCC(=O)OC3CC(C)(C)N(C)C(C)(C)C3)cc(C(=O)NCCC(=O)OC3CC(C)(C)N(C)C(C)(C)C3)c2)cc1)C(=O)Nc1ccc2[nH]c(=O)[nH]c2c1. The Morgan fingerprint density at radius 1 is 0.583 bits per heavy atom. The number of anilines is 3. The molecular weight excluding hydrogens is 925 g/mol. The van der Waals surface area contributed by atoms with E-state index in [-0.39, 0.29) is 82.7 Å². The highest BCUT2D eigenvalue weighted by atomic mass is 16.5. The Hall–Kier alpha value is -7.19. The number of carbonyl (C=O) groups excluding carboxylic acids is 7. The molecule has 4 amide bonds. The largest absolute Gasteiger partial charge is 0.462 e. The number of ether oxygens (including phenoxy) is 2. The summed E-state index contributed by atoms with van der Waals surface area (Å²) in [7, 11) is 4.12. The van der Waals surface area contributed by atoms with Crippen LogP contribution in [0.4, 0.5) is 17.1 Å². The maximum atomic E-state index is 13.6. The number of Topliss-reactive ketones (excluding diaryl/α,β-unsaturated/α-hetero) is 1. The van der Waals surface area contributed by atoms with Gasteiger partial charge in [-0.2, -0.15) is 5.10 Å². The molecule has 0 aliphatic carbocycles. The van der Waals surface area contributed by atoms with E-state index in [2.05, 4.69) is 121 Å². The smallest absolute Gasteiger partial charge is 0.323 e. The summed E-state index contributed by atoms with van der Waals surface area (Å²) in [4.78, 5) is 114. The van der Waals surface area contributed by atoms with Crippen LogP contribution in [0.15, 0.2) is 70.6 Å². The number of hydrazone groups is 1. The van der Waals surface area contributed by atoms with Crippen molar-refractivity contribution in [2.75, 3.05) is 43.2 Å². The van der Waals surface area contributed by atoms with Crippen LogP contribution in [0, 0.1) is 0 Å². The molecule has 3 heterocycles. The summed E-state index contributed by atoms with van der Waals surface area (Å²) in [6.45, 7) is 17.9. The number of benzene rings is 3. The summed E-state index contributed by atoms with van der Waals surface area (Å²) in [5, 5.41) is 14.8. The number of aromatic nitrogens is 2. The number of esters is 2. The average Bonchev–Trinajstić information content (AvgIpc) is 3.66. The van der Waals surface area contributed by atoms with Gasteiger partial charge in [0.15, 0.2) is 11.5 Å². The van der Waals surface area contributed by atoms with Gasteiger partial charge in [0.2, 0.25) is 0 Å². The molecule has 2 aliphatic rings. The van der Waals surface area contributed by atoms with Crippen molar-refractivity contribution in [2.24, 2.45) is 5.10 Å². The lowest BCUT2D eigenvalue weighted by Gasteiger charge is -2.53. The maximum Gasteiger partial charge on any atom is 0.323 e. The fourth-order valence-electron chi connectivity index (χ4n) is 9.55. The highest BCUT2D eigenvalue weighted by Gasteiger charge is 2.45. The zero-order valence-corrected chi connectivity index (χ0v) is 43.0. The van der Waals surface area contributed by atoms with Crippen LogP contribution in [0.5, 0.6) is 0 Å². The van der Waals surface area contributed by atoms with Gasteiger partial charge in [-0.25, -0.2) is 4.79 Å². The number of nitrogens with one attached hydrogen (secondary N) is 7. The van der Waals surface area contributed by atoms with Crippen LogP contribution >= 0.6 is 0 Å². The van der Waals surface area contributed by atoms with Gasteiger partial charge in [0, 0.05) is 95.9 Å². The molecule has 2 saturated heterocycles. The molecule has 386 valence electrons. The van der Waals surface area contributed by atoms with Crippen molar-refractivity contribution in [1.82, 2.24) is 30.4 Å². The Bertz CT molecular complexity index is 2700.